The molecule has 0 amide bonds. The molecule has 151 valence electrons. The average Bonchev–Trinajstić information content (AvgIpc) is 3.33. The molecular weight excluding hydrogens is 420 g/mol. The van der Waals surface area contributed by atoms with Gasteiger partial charge in [-0.1, -0.05) is 23.7 Å². The number of nitriles is 1. The van der Waals surface area contributed by atoms with Crippen LogP contribution < -0.4 is 5.32 Å². The second kappa shape index (κ2) is 8.92. The molecule has 1 aromatic carbocycles. The third-order valence-corrected chi connectivity index (χ3v) is 6.25. The van der Waals surface area contributed by atoms with Crippen molar-refractivity contribution >= 4 is 34.5 Å². The number of aromatic nitrogens is 2. The predicted octanol–water partition coefficient (Wildman–Crippen LogP) is 4.02. The lowest BCUT2D eigenvalue weighted by Gasteiger charge is -2.14. The van der Waals surface area contributed by atoms with Crippen molar-refractivity contribution in [2.75, 3.05) is 5.32 Å². The number of halogens is 1. The van der Waals surface area contributed by atoms with Crippen LogP contribution >= 0.6 is 22.9 Å². The molecule has 1 radical (unpaired) electrons. The van der Waals surface area contributed by atoms with Crippen molar-refractivity contribution in [2.24, 2.45) is 0 Å². The SMILES string of the molecule is N#Cc1sc(C(=O)c2cncnc2N[C@@H]2C[CH][C@H](O)C2)cc1Cc1cccc(Cl)c1. The van der Waals surface area contributed by atoms with E-state index < -0.39 is 6.10 Å². The molecule has 6 nitrogen and oxygen atoms in total. The van der Waals surface area contributed by atoms with E-state index in [1.54, 1.807) is 12.1 Å². The minimum Gasteiger partial charge on any atom is -0.393 e. The van der Waals surface area contributed by atoms with Gasteiger partial charge in [0.2, 0.25) is 5.78 Å². The molecule has 2 atom stereocenters. The van der Waals surface area contributed by atoms with Gasteiger partial charge in [0.1, 0.15) is 23.1 Å². The first-order chi connectivity index (χ1) is 14.5. The first-order valence-electron chi connectivity index (χ1n) is 9.43. The van der Waals surface area contributed by atoms with Gasteiger partial charge in [0, 0.05) is 17.3 Å². The summed E-state index contributed by atoms with van der Waals surface area (Å²) >= 11 is 7.23. The molecule has 0 saturated heterocycles. The maximum absolute atomic E-state index is 13.2. The van der Waals surface area contributed by atoms with Crippen LogP contribution in [0.25, 0.3) is 0 Å². The molecule has 0 unspecified atom stereocenters. The van der Waals surface area contributed by atoms with E-state index >= 15 is 0 Å². The molecular formula is C22H18ClN4O2S. The Kier molecular flexibility index (Phi) is 6.09. The van der Waals surface area contributed by atoms with Crippen molar-refractivity contribution in [1.29, 1.82) is 5.26 Å². The van der Waals surface area contributed by atoms with Crippen molar-refractivity contribution in [3.8, 4) is 6.07 Å². The summed E-state index contributed by atoms with van der Waals surface area (Å²) in [6.07, 6.45) is 6.02. The van der Waals surface area contributed by atoms with Gasteiger partial charge in [0.25, 0.3) is 0 Å². The van der Waals surface area contributed by atoms with Crippen molar-refractivity contribution in [3.63, 3.8) is 0 Å². The second-order valence-corrected chi connectivity index (χ2v) is 8.60. The normalized spacial score (nSPS) is 18.2. The zero-order valence-corrected chi connectivity index (χ0v) is 17.5. The molecule has 0 aliphatic heterocycles. The molecule has 1 aliphatic carbocycles. The first kappa shape index (κ1) is 20.5. The Morgan fingerprint density at radius 2 is 2.27 bits per heavy atom. The summed E-state index contributed by atoms with van der Waals surface area (Å²) in [5.74, 6) is 0.199. The highest BCUT2D eigenvalue weighted by Gasteiger charge is 2.26. The number of carbonyl (C=O) groups excluding carboxylic acids is 1. The molecule has 8 heteroatoms. The zero-order valence-electron chi connectivity index (χ0n) is 15.9. The second-order valence-electron chi connectivity index (χ2n) is 7.11. The lowest BCUT2D eigenvalue weighted by atomic mass is 10.0. The largest absolute Gasteiger partial charge is 0.393 e. The number of anilines is 1. The number of thiophene rings is 1. The molecule has 30 heavy (non-hydrogen) atoms. The van der Waals surface area contributed by atoms with Crippen LogP contribution in [0.3, 0.4) is 0 Å². The monoisotopic (exact) mass is 437 g/mol. The maximum atomic E-state index is 13.2. The van der Waals surface area contributed by atoms with Gasteiger partial charge in [-0.25, -0.2) is 9.97 Å². The third-order valence-electron chi connectivity index (χ3n) is 4.93. The van der Waals surface area contributed by atoms with Crippen molar-refractivity contribution in [1.82, 2.24) is 9.97 Å². The number of nitrogens with one attached hydrogen (secondary N) is 1. The molecule has 0 spiro atoms. The van der Waals surface area contributed by atoms with E-state index in [9.17, 15) is 15.2 Å². The predicted molar refractivity (Wildman–Crippen MR) is 116 cm³/mol. The van der Waals surface area contributed by atoms with Crippen LogP contribution in [0.4, 0.5) is 5.82 Å². The fourth-order valence-corrected chi connectivity index (χ4v) is 4.64. The van der Waals surface area contributed by atoms with Crippen LogP contribution in [0.2, 0.25) is 5.02 Å². The zero-order chi connectivity index (χ0) is 21.1. The Bertz CT molecular complexity index is 1120. The quantitative estimate of drug-likeness (QED) is 0.565. The molecule has 3 aromatic rings. The number of aliphatic hydroxyl groups excluding tert-OH is 1. The fraction of sp³-hybridized carbons (Fsp3) is 0.227. The molecule has 1 aliphatic rings. The van der Waals surface area contributed by atoms with Crippen LogP contribution in [0.1, 0.15) is 44.1 Å². The molecule has 0 bridgehead atoms. The van der Waals surface area contributed by atoms with E-state index in [0.717, 1.165) is 22.5 Å². The van der Waals surface area contributed by atoms with Crippen LogP contribution in [0.5, 0.6) is 0 Å². The van der Waals surface area contributed by atoms with E-state index in [-0.39, 0.29) is 11.8 Å². The maximum Gasteiger partial charge on any atom is 0.208 e. The Morgan fingerprint density at radius 3 is 3.00 bits per heavy atom. The Labute approximate surface area is 183 Å². The van der Waals surface area contributed by atoms with Crippen LogP contribution in [0, 0.1) is 17.8 Å². The van der Waals surface area contributed by atoms with E-state index in [1.165, 1.54) is 12.5 Å². The van der Waals surface area contributed by atoms with E-state index in [0.29, 0.717) is 45.4 Å². The van der Waals surface area contributed by atoms with Gasteiger partial charge >= 0.3 is 0 Å². The Morgan fingerprint density at radius 1 is 1.40 bits per heavy atom. The molecule has 2 aromatic heterocycles. The standard InChI is InChI=1S/C22H18ClN4O2S/c23-15-3-1-2-13(7-15)6-14-8-19(30-20(14)10-24)21(29)18-11-25-12-26-22(18)27-16-4-5-17(28)9-16/h1-3,5,7-8,11-12,16-17,28H,4,6,9H2,(H,25,26,27)/t16-,17+/m1/s1. The van der Waals surface area contributed by atoms with Crippen LogP contribution in [0.15, 0.2) is 42.9 Å². The van der Waals surface area contributed by atoms with E-state index in [2.05, 4.69) is 21.4 Å². The number of ketones is 1. The highest BCUT2D eigenvalue weighted by molar-refractivity contribution is 7.14. The first-order valence-corrected chi connectivity index (χ1v) is 10.6. The number of aliphatic hydroxyl groups is 1. The number of rotatable bonds is 6. The fourth-order valence-electron chi connectivity index (χ4n) is 3.49. The molecule has 2 heterocycles. The van der Waals surface area contributed by atoms with Crippen molar-refractivity contribution < 1.29 is 9.90 Å². The topological polar surface area (TPSA) is 98.9 Å². The van der Waals surface area contributed by atoms with Gasteiger partial charge < -0.3 is 10.4 Å². The number of hydrogen-bond acceptors (Lipinski definition) is 7. The van der Waals surface area contributed by atoms with Crippen LogP contribution in [-0.2, 0) is 6.42 Å². The van der Waals surface area contributed by atoms with Gasteiger partial charge in [0.05, 0.1) is 16.5 Å². The summed E-state index contributed by atoms with van der Waals surface area (Å²) in [5.41, 5.74) is 2.10. The average molecular weight is 438 g/mol. The lowest BCUT2D eigenvalue weighted by Crippen LogP contribution is -2.20. The van der Waals surface area contributed by atoms with E-state index in [1.807, 2.05) is 24.6 Å². The van der Waals surface area contributed by atoms with Crippen LogP contribution in [-0.4, -0.2) is 33.0 Å². The van der Waals surface area contributed by atoms with Crippen molar-refractivity contribution in [2.45, 2.75) is 31.4 Å². The summed E-state index contributed by atoms with van der Waals surface area (Å²) in [6.45, 7) is 0. The lowest BCUT2D eigenvalue weighted by molar-refractivity contribution is 0.104. The minimum absolute atomic E-state index is 0.0119. The summed E-state index contributed by atoms with van der Waals surface area (Å²) in [6, 6.07) is 11.4. The number of carbonyl (C=O) groups is 1. The number of hydrogen-bond donors (Lipinski definition) is 2. The number of nitrogens with zero attached hydrogens (tertiary/aromatic N) is 3. The number of benzene rings is 1. The smallest absolute Gasteiger partial charge is 0.208 e. The van der Waals surface area contributed by atoms with E-state index in [4.69, 9.17) is 11.6 Å². The van der Waals surface area contributed by atoms with Gasteiger partial charge in [-0.15, -0.1) is 11.3 Å². The summed E-state index contributed by atoms with van der Waals surface area (Å²) in [5, 5.41) is 23.1. The summed E-state index contributed by atoms with van der Waals surface area (Å²) in [4.78, 5) is 22.4. The summed E-state index contributed by atoms with van der Waals surface area (Å²) in [7, 11) is 0. The highest BCUT2D eigenvalue weighted by atomic mass is 35.5. The molecule has 4 rings (SSSR count). The Hall–Kier alpha value is -2.79. The minimum atomic E-state index is -0.451. The molecule has 1 fully saturated rings. The highest BCUT2D eigenvalue weighted by Crippen LogP contribution is 2.29. The molecule has 2 N–H and O–H groups in total. The summed E-state index contributed by atoms with van der Waals surface area (Å²) < 4.78 is 0. The van der Waals surface area contributed by atoms with Gasteiger partial charge in [-0.3, -0.25) is 4.79 Å². The third kappa shape index (κ3) is 4.51. The Balaban J connectivity index is 1.60. The van der Waals surface area contributed by atoms with Gasteiger partial charge in [0.15, 0.2) is 0 Å². The molecule has 1 saturated carbocycles. The van der Waals surface area contributed by atoms with Gasteiger partial charge in [-0.05, 0) is 55.0 Å². The van der Waals surface area contributed by atoms with Gasteiger partial charge in [-0.2, -0.15) is 5.26 Å². The van der Waals surface area contributed by atoms with Crippen molar-refractivity contribution in [3.05, 3.63) is 80.7 Å².